The summed E-state index contributed by atoms with van der Waals surface area (Å²) in [5.41, 5.74) is 1.29. The Bertz CT molecular complexity index is 741. The predicted molar refractivity (Wildman–Crippen MR) is 121 cm³/mol. The first-order chi connectivity index (χ1) is 13.2. The molecule has 0 bridgehead atoms. The lowest BCUT2D eigenvalue weighted by atomic mass is 10.1. The number of guanidine groups is 1. The van der Waals surface area contributed by atoms with Crippen molar-refractivity contribution in [3.05, 3.63) is 42.0 Å². The van der Waals surface area contributed by atoms with Gasteiger partial charge < -0.3 is 15.4 Å². The van der Waals surface area contributed by atoms with Crippen LogP contribution in [0.4, 0.5) is 0 Å². The standard InChI is InChI=1S/C19H29N7O.HI/c1-20-19(22-13-18-23-14-24-25(18)2)21-12-17(26-10-4-5-11-26)15-6-8-16(27-3)9-7-15;/h6-9,14,17H,4-5,10-13H2,1-3H3,(H2,20,21,22);1H. The number of aryl methyl sites for hydroxylation is 1. The Labute approximate surface area is 183 Å². The molecule has 28 heavy (non-hydrogen) atoms. The van der Waals surface area contributed by atoms with Crippen molar-refractivity contribution < 1.29 is 4.74 Å². The number of nitrogens with zero attached hydrogens (tertiary/aromatic N) is 5. The summed E-state index contributed by atoms with van der Waals surface area (Å²) in [4.78, 5) is 11.1. The highest BCUT2D eigenvalue weighted by Gasteiger charge is 2.23. The van der Waals surface area contributed by atoms with Crippen LogP contribution in [-0.4, -0.2) is 59.4 Å². The van der Waals surface area contributed by atoms with Crippen LogP contribution in [0.5, 0.6) is 5.75 Å². The van der Waals surface area contributed by atoms with Gasteiger partial charge in [0.25, 0.3) is 0 Å². The van der Waals surface area contributed by atoms with Crippen LogP contribution >= 0.6 is 24.0 Å². The number of halogens is 1. The fourth-order valence-corrected chi connectivity index (χ4v) is 3.39. The average Bonchev–Trinajstić information content (AvgIpc) is 3.37. The smallest absolute Gasteiger partial charge is 0.191 e. The number of aromatic nitrogens is 3. The molecule has 2 heterocycles. The minimum atomic E-state index is 0. The number of nitrogens with one attached hydrogen (secondary N) is 2. The molecule has 1 aliphatic heterocycles. The van der Waals surface area contributed by atoms with Gasteiger partial charge in [0, 0.05) is 20.6 Å². The Hall–Kier alpha value is -1.88. The third-order valence-corrected chi connectivity index (χ3v) is 4.99. The summed E-state index contributed by atoms with van der Waals surface area (Å²) < 4.78 is 7.05. The zero-order valence-electron chi connectivity index (χ0n) is 16.8. The van der Waals surface area contributed by atoms with E-state index in [1.807, 2.05) is 19.2 Å². The Morgan fingerprint density at radius 2 is 1.93 bits per heavy atom. The van der Waals surface area contributed by atoms with Crippen LogP contribution in [0.3, 0.4) is 0 Å². The molecular weight excluding hydrogens is 469 g/mol. The van der Waals surface area contributed by atoms with E-state index in [1.165, 1.54) is 18.4 Å². The van der Waals surface area contributed by atoms with Gasteiger partial charge >= 0.3 is 0 Å². The maximum Gasteiger partial charge on any atom is 0.191 e. The fraction of sp³-hybridized carbons (Fsp3) is 0.526. The lowest BCUT2D eigenvalue weighted by Gasteiger charge is -2.29. The minimum Gasteiger partial charge on any atom is -0.497 e. The Balaban J connectivity index is 0.00000280. The van der Waals surface area contributed by atoms with Crippen molar-refractivity contribution in [2.75, 3.05) is 33.8 Å². The zero-order valence-corrected chi connectivity index (χ0v) is 19.1. The highest BCUT2D eigenvalue weighted by molar-refractivity contribution is 14.0. The Kier molecular flexibility index (Phi) is 8.97. The molecule has 2 aromatic rings. The van der Waals surface area contributed by atoms with Crippen LogP contribution in [0.1, 0.15) is 30.3 Å². The number of ether oxygens (including phenoxy) is 1. The number of aliphatic imine (C=N–C) groups is 1. The second kappa shape index (κ2) is 11.2. The lowest BCUT2D eigenvalue weighted by Crippen LogP contribution is -2.42. The van der Waals surface area contributed by atoms with E-state index in [2.05, 4.69) is 42.7 Å². The molecule has 1 aromatic carbocycles. The van der Waals surface area contributed by atoms with E-state index in [0.717, 1.165) is 37.2 Å². The van der Waals surface area contributed by atoms with E-state index >= 15 is 0 Å². The number of methoxy groups -OCH3 is 1. The second-order valence-electron chi connectivity index (χ2n) is 6.64. The molecule has 0 spiro atoms. The Morgan fingerprint density at radius 1 is 1.21 bits per heavy atom. The molecule has 1 atom stereocenters. The van der Waals surface area contributed by atoms with E-state index in [1.54, 1.807) is 25.2 Å². The molecule has 9 heteroatoms. The summed E-state index contributed by atoms with van der Waals surface area (Å²) in [5.74, 6) is 2.51. The number of likely N-dealkylation sites (tertiary alicyclic amines) is 1. The van der Waals surface area contributed by atoms with Crippen molar-refractivity contribution >= 4 is 29.9 Å². The van der Waals surface area contributed by atoms with Gasteiger partial charge in [0.2, 0.25) is 0 Å². The lowest BCUT2D eigenvalue weighted by molar-refractivity contribution is 0.245. The normalized spacial score (nSPS) is 15.8. The van der Waals surface area contributed by atoms with Crippen LogP contribution in [-0.2, 0) is 13.6 Å². The summed E-state index contributed by atoms with van der Waals surface area (Å²) in [6.07, 6.45) is 4.07. The van der Waals surface area contributed by atoms with Gasteiger partial charge in [-0.1, -0.05) is 12.1 Å². The number of benzene rings is 1. The molecule has 0 aliphatic carbocycles. The van der Waals surface area contributed by atoms with Crippen LogP contribution in [0.2, 0.25) is 0 Å². The number of hydrogen-bond donors (Lipinski definition) is 2. The Morgan fingerprint density at radius 3 is 2.50 bits per heavy atom. The fourth-order valence-electron chi connectivity index (χ4n) is 3.39. The van der Waals surface area contributed by atoms with Gasteiger partial charge in [0.1, 0.15) is 17.9 Å². The SMILES string of the molecule is CN=C(NCc1ncnn1C)NCC(c1ccc(OC)cc1)N1CCCC1.I. The molecule has 1 unspecified atom stereocenters. The van der Waals surface area contributed by atoms with Crippen molar-refractivity contribution in [1.29, 1.82) is 0 Å². The van der Waals surface area contributed by atoms with E-state index < -0.39 is 0 Å². The molecule has 154 valence electrons. The van der Waals surface area contributed by atoms with Gasteiger partial charge in [-0.15, -0.1) is 24.0 Å². The topological polar surface area (TPSA) is 79.6 Å². The van der Waals surface area contributed by atoms with Gasteiger partial charge in [-0.2, -0.15) is 5.10 Å². The van der Waals surface area contributed by atoms with Crippen molar-refractivity contribution in [3.8, 4) is 5.75 Å². The molecule has 0 saturated carbocycles. The maximum atomic E-state index is 5.30. The first-order valence-electron chi connectivity index (χ1n) is 9.36. The summed E-state index contributed by atoms with van der Waals surface area (Å²) in [7, 11) is 5.36. The molecule has 1 saturated heterocycles. The van der Waals surface area contributed by atoms with Gasteiger partial charge in [0.05, 0.1) is 19.7 Å². The molecular formula is C19H30IN7O. The third-order valence-electron chi connectivity index (χ3n) is 4.99. The molecule has 2 N–H and O–H groups in total. The van der Waals surface area contributed by atoms with Gasteiger partial charge in [-0.05, 0) is 43.6 Å². The highest BCUT2D eigenvalue weighted by Crippen LogP contribution is 2.26. The predicted octanol–water partition coefficient (Wildman–Crippen LogP) is 1.94. The van der Waals surface area contributed by atoms with Crippen LogP contribution in [0, 0.1) is 0 Å². The zero-order chi connectivity index (χ0) is 19.1. The number of rotatable bonds is 7. The molecule has 1 fully saturated rings. The van der Waals surface area contributed by atoms with Crippen molar-refractivity contribution in [1.82, 2.24) is 30.3 Å². The van der Waals surface area contributed by atoms with Gasteiger partial charge in [-0.25, -0.2) is 4.98 Å². The first kappa shape index (κ1) is 22.4. The molecule has 1 aromatic heterocycles. The van der Waals surface area contributed by atoms with Crippen LogP contribution < -0.4 is 15.4 Å². The largest absolute Gasteiger partial charge is 0.497 e. The third kappa shape index (κ3) is 5.81. The highest BCUT2D eigenvalue weighted by atomic mass is 127. The van der Waals surface area contributed by atoms with Gasteiger partial charge in [0.15, 0.2) is 5.96 Å². The maximum absolute atomic E-state index is 5.30. The molecule has 0 radical (unpaired) electrons. The average molecular weight is 499 g/mol. The van der Waals surface area contributed by atoms with Crippen LogP contribution in [0.25, 0.3) is 0 Å². The quantitative estimate of drug-likeness (QED) is 0.345. The second-order valence-corrected chi connectivity index (χ2v) is 6.64. The molecule has 0 amide bonds. The molecule has 1 aliphatic rings. The monoisotopic (exact) mass is 499 g/mol. The number of hydrogen-bond acceptors (Lipinski definition) is 5. The van der Waals surface area contributed by atoms with Crippen molar-refractivity contribution in [3.63, 3.8) is 0 Å². The van der Waals surface area contributed by atoms with Crippen molar-refractivity contribution in [2.24, 2.45) is 12.0 Å². The van der Waals surface area contributed by atoms with E-state index in [9.17, 15) is 0 Å². The molecule has 8 nitrogen and oxygen atoms in total. The van der Waals surface area contributed by atoms with Crippen LogP contribution in [0.15, 0.2) is 35.6 Å². The van der Waals surface area contributed by atoms with E-state index in [-0.39, 0.29) is 24.0 Å². The summed E-state index contributed by atoms with van der Waals surface area (Å²) >= 11 is 0. The molecule has 3 rings (SSSR count). The first-order valence-corrected chi connectivity index (χ1v) is 9.36. The van der Waals surface area contributed by atoms with E-state index in [0.29, 0.717) is 12.6 Å². The summed E-state index contributed by atoms with van der Waals surface area (Å²) in [5, 5.41) is 10.9. The van der Waals surface area contributed by atoms with Gasteiger partial charge in [-0.3, -0.25) is 14.6 Å². The summed E-state index contributed by atoms with van der Waals surface area (Å²) in [6, 6.07) is 8.66. The summed E-state index contributed by atoms with van der Waals surface area (Å²) in [6.45, 7) is 3.62. The minimum absolute atomic E-state index is 0. The van der Waals surface area contributed by atoms with Crippen molar-refractivity contribution in [2.45, 2.75) is 25.4 Å². The van der Waals surface area contributed by atoms with E-state index in [4.69, 9.17) is 4.74 Å².